The zero-order chi connectivity index (χ0) is 18.6. The van der Waals surface area contributed by atoms with Gasteiger partial charge in [0.05, 0.1) is 0 Å². The topological polar surface area (TPSA) is 31.4 Å². The number of rotatable bonds is 6. The number of nitrogens with one attached hydrogen (secondary N) is 1. The second-order valence-corrected chi connectivity index (χ2v) is 8.43. The summed E-state index contributed by atoms with van der Waals surface area (Å²) in [7, 11) is 2.25. The van der Waals surface area contributed by atoms with E-state index >= 15 is 0 Å². The second-order valence-electron chi connectivity index (χ2n) is 8.43. The van der Waals surface area contributed by atoms with Crippen molar-refractivity contribution in [3.05, 3.63) is 66.0 Å². The van der Waals surface area contributed by atoms with Gasteiger partial charge in [0.1, 0.15) is 0 Å². The molecule has 1 N–H and O–H groups in total. The van der Waals surface area contributed by atoms with Crippen molar-refractivity contribution in [3.63, 3.8) is 0 Å². The highest BCUT2D eigenvalue weighted by Gasteiger charge is 2.35. The summed E-state index contributed by atoms with van der Waals surface area (Å²) in [6.45, 7) is 8.06. The predicted octanol–water partition coefficient (Wildman–Crippen LogP) is 3.18. The lowest BCUT2D eigenvalue weighted by atomic mass is 9.94. The van der Waals surface area contributed by atoms with Crippen molar-refractivity contribution in [2.24, 2.45) is 11.8 Å². The molecule has 0 bridgehead atoms. The van der Waals surface area contributed by atoms with Gasteiger partial charge in [-0.25, -0.2) is 0 Å². The highest BCUT2D eigenvalue weighted by atomic mass is 15.2. The zero-order valence-electron chi connectivity index (χ0n) is 16.6. The Morgan fingerprint density at radius 3 is 2.74 bits per heavy atom. The molecule has 0 saturated carbocycles. The Kier molecular flexibility index (Phi) is 5.86. The van der Waals surface area contributed by atoms with E-state index in [4.69, 9.17) is 0 Å². The molecule has 144 valence electrons. The number of likely N-dealkylation sites (tertiary alicyclic amines) is 2. The Bertz CT molecular complexity index is 705. The fourth-order valence-electron chi connectivity index (χ4n) is 4.92. The molecule has 27 heavy (non-hydrogen) atoms. The van der Waals surface area contributed by atoms with Crippen LogP contribution in [0.3, 0.4) is 0 Å². The lowest BCUT2D eigenvalue weighted by molar-refractivity contribution is 0.263. The van der Waals surface area contributed by atoms with Gasteiger partial charge in [0.25, 0.3) is 0 Å². The Morgan fingerprint density at radius 1 is 1.11 bits per heavy atom. The molecule has 2 aromatic rings. The number of aromatic nitrogens is 1. The number of nitrogens with zero attached hydrogens (tertiary/aromatic N) is 3. The molecule has 2 aliphatic rings. The van der Waals surface area contributed by atoms with Gasteiger partial charge in [-0.15, -0.1) is 0 Å². The minimum absolute atomic E-state index is 0.489. The highest BCUT2D eigenvalue weighted by molar-refractivity contribution is 5.17. The molecule has 2 unspecified atom stereocenters. The molecular formula is C23H32N4. The van der Waals surface area contributed by atoms with E-state index in [0.29, 0.717) is 23.9 Å². The predicted molar refractivity (Wildman–Crippen MR) is 110 cm³/mol. The summed E-state index contributed by atoms with van der Waals surface area (Å²) in [5.74, 6) is 1.36. The van der Waals surface area contributed by atoms with Crippen molar-refractivity contribution >= 4 is 0 Å². The molecule has 4 atom stereocenters. The molecule has 1 aromatic heterocycles. The lowest BCUT2D eigenvalue weighted by Gasteiger charge is -2.27. The molecule has 0 spiro atoms. The summed E-state index contributed by atoms with van der Waals surface area (Å²) in [5.41, 5.74) is 2.77. The van der Waals surface area contributed by atoms with Crippen LogP contribution in [0.15, 0.2) is 54.9 Å². The summed E-state index contributed by atoms with van der Waals surface area (Å²) in [4.78, 5) is 9.43. The van der Waals surface area contributed by atoms with Crippen molar-refractivity contribution in [1.29, 1.82) is 0 Å². The molecule has 4 nitrogen and oxygen atoms in total. The van der Waals surface area contributed by atoms with Gasteiger partial charge in [-0.1, -0.05) is 43.3 Å². The average Bonchev–Trinajstić information content (AvgIpc) is 3.23. The van der Waals surface area contributed by atoms with Gasteiger partial charge < -0.3 is 5.32 Å². The van der Waals surface area contributed by atoms with Crippen LogP contribution >= 0.6 is 0 Å². The first-order valence-electron chi connectivity index (χ1n) is 10.3. The quantitative estimate of drug-likeness (QED) is 0.853. The van der Waals surface area contributed by atoms with E-state index < -0.39 is 0 Å². The van der Waals surface area contributed by atoms with E-state index in [2.05, 4.69) is 76.5 Å². The van der Waals surface area contributed by atoms with E-state index in [1.165, 1.54) is 30.6 Å². The molecular weight excluding hydrogens is 332 g/mol. The van der Waals surface area contributed by atoms with Gasteiger partial charge in [-0.2, -0.15) is 0 Å². The first kappa shape index (κ1) is 18.6. The van der Waals surface area contributed by atoms with E-state index in [9.17, 15) is 0 Å². The van der Waals surface area contributed by atoms with E-state index in [1.54, 1.807) is 0 Å². The van der Waals surface area contributed by atoms with Crippen molar-refractivity contribution in [2.45, 2.75) is 32.0 Å². The Hall–Kier alpha value is -1.75. The van der Waals surface area contributed by atoms with E-state index in [0.717, 1.165) is 19.6 Å². The number of hydrogen-bond donors (Lipinski definition) is 1. The van der Waals surface area contributed by atoms with Crippen molar-refractivity contribution in [3.8, 4) is 0 Å². The van der Waals surface area contributed by atoms with Gasteiger partial charge in [-0.05, 0) is 49.0 Å². The van der Waals surface area contributed by atoms with E-state index in [-0.39, 0.29) is 0 Å². The fourth-order valence-corrected chi connectivity index (χ4v) is 4.92. The van der Waals surface area contributed by atoms with Crippen LogP contribution < -0.4 is 5.32 Å². The van der Waals surface area contributed by atoms with Crippen LogP contribution in [-0.2, 0) is 6.54 Å². The minimum Gasteiger partial charge on any atom is -0.312 e. The molecule has 4 heteroatoms. The van der Waals surface area contributed by atoms with Crippen LogP contribution in [-0.4, -0.2) is 54.1 Å². The molecule has 2 aliphatic heterocycles. The summed E-state index contributed by atoms with van der Waals surface area (Å²) in [5, 5.41) is 3.92. The van der Waals surface area contributed by atoms with Gasteiger partial charge in [-0.3, -0.25) is 14.8 Å². The summed E-state index contributed by atoms with van der Waals surface area (Å²) >= 11 is 0. The van der Waals surface area contributed by atoms with E-state index in [1.807, 2.05) is 12.4 Å². The SMILES string of the molecule is CC1CN(Cc2ccccc2)CC1NC[C@@H]1CCN(C)[C@H]1c1cccnc1. The lowest BCUT2D eigenvalue weighted by Crippen LogP contribution is -2.39. The molecule has 0 aliphatic carbocycles. The number of pyridine rings is 1. The Morgan fingerprint density at radius 2 is 1.96 bits per heavy atom. The number of hydrogen-bond acceptors (Lipinski definition) is 4. The maximum atomic E-state index is 4.34. The first-order valence-corrected chi connectivity index (χ1v) is 10.3. The average molecular weight is 365 g/mol. The van der Waals surface area contributed by atoms with Crippen LogP contribution in [0.25, 0.3) is 0 Å². The molecule has 1 aromatic carbocycles. The highest BCUT2D eigenvalue weighted by Crippen LogP contribution is 2.35. The normalized spacial score (nSPS) is 29.4. The molecule has 0 amide bonds. The van der Waals surface area contributed by atoms with Gasteiger partial charge in [0, 0.05) is 50.7 Å². The molecule has 4 rings (SSSR count). The molecule has 0 radical (unpaired) electrons. The van der Waals surface area contributed by atoms with Crippen molar-refractivity contribution in [1.82, 2.24) is 20.1 Å². The third kappa shape index (κ3) is 4.40. The van der Waals surface area contributed by atoms with Crippen molar-refractivity contribution < 1.29 is 0 Å². The van der Waals surface area contributed by atoms with Crippen LogP contribution in [0.5, 0.6) is 0 Å². The third-order valence-electron chi connectivity index (χ3n) is 6.38. The summed E-state index contributed by atoms with van der Waals surface area (Å²) < 4.78 is 0. The van der Waals surface area contributed by atoms with Crippen LogP contribution in [0, 0.1) is 11.8 Å². The first-order chi connectivity index (χ1) is 13.2. The van der Waals surface area contributed by atoms with Crippen LogP contribution in [0.2, 0.25) is 0 Å². The zero-order valence-corrected chi connectivity index (χ0v) is 16.6. The fraction of sp³-hybridized carbons (Fsp3) is 0.522. The van der Waals surface area contributed by atoms with Crippen LogP contribution in [0.4, 0.5) is 0 Å². The number of benzene rings is 1. The Labute approximate surface area is 163 Å². The van der Waals surface area contributed by atoms with Crippen LogP contribution in [0.1, 0.15) is 30.5 Å². The summed E-state index contributed by atoms with van der Waals surface area (Å²) in [6.07, 6.45) is 5.17. The molecule has 2 saturated heterocycles. The third-order valence-corrected chi connectivity index (χ3v) is 6.38. The Balaban J connectivity index is 1.33. The maximum absolute atomic E-state index is 4.34. The maximum Gasteiger partial charge on any atom is 0.0401 e. The monoisotopic (exact) mass is 364 g/mol. The molecule has 3 heterocycles. The van der Waals surface area contributed by atoms with Gasteiger partial charge >= 0.3 is 0 Å². The smallest absolute Gasteiger partial charge is 0.0401 e. The van der Waals surface area contributed by atoms with Gasteiger partial charge in [0.15, 0.2) is 0 Å². The molecule has 2 fully saturated rings. The summed E-state index contributed by atoms with van der Waals surface area (Å²) in [6, 6.07) is 16.2. The minimum atomic E-state index is 0.489. The van der Waals surface area contributed by atoms with Crippen molar-refractivity contribution in [2.75, 3.05) is 33.2 Å². The standard InChI is InChI=1S/C23H32N4/c1-18-15-27(16-19-7-4-3-5-8-19)17-22(18)25-14-21-10-12-26(2)23(21)20-9-6-11-24-13-20/h3-9,11,13,18,21-23,25H,10,12,14-17H2,1-2H3/t18?,21-,22?,23-/m0/s1. The largest absolute Gasteiger partial charge is 0.312 e. The second kappa shape index (κ2) is 8.51. The van der Waals surface area contributed by atoms with Gasteiger partial charge in [0.2, 0.25) is 0 Å².